The fourth-order valence-corrected chi connectivity index (χ4v) is 3.53. The van der Waals surface area contributed by atoms with Crippen molar-refractivity contribution in [2.24, 2.45) is 0 Å². The van der Waals surface area contributed by atoms with E-state index in [9.17, 15) is 4.79 Å². The fraction of sp³-hybridized carbons (Fsp3) is 0.250. The first kappa shape index (κ1) is 16.8. The summed E-state index contributed by atoms with van der Waals surface area (Å²) in [5, 5.41) is 8.42. The molecule has 1 aliphatic rings. The van der Waals surface area contributed by atoms with Gasteiger partial charge in [0, 0.05) is 28.7 Å². The second-order valence-electron chi connectivity index (χ2n) is 6.49. The van der Waals surface area contributed by atoms with E-state index in [4.69, 9.17) is 11.6 Å². The Labute approximate surface area is 157 Å². The summed E-state index contributed by atoms with van der Waals surface area (Å²) in [6, 6.07) is 11.3. The number of carbonyl (C=O) groups excluding carboxylic acids is 1. The van der Waals surface area contributed by atoms with Crippen molar-refractivity contribution >= 4 is 17.5 Å². The molecule has 1 atom stereocenters. The lowest BCUT2D eigenvalue weighted by atomic mass is 9.92. The average Bonchev–Trinajstić information content (AvgIpc) is 3.08. The van der Waals surface area contributed by atoms with Gasteiger partial charge in [0.05, 0.1) is 24.3 Å². The van der Waals surface area contributed by atoms with Crippen molar-refractivity contribution in [3.63, 3.8) is 0 Å². The maximum Gasteiger partial charge on any atom is 0.253 e. The van der Waals surface area contributed by atoms with Crippen molar-refractivity contribution < 1.29 is 4.79 Å². The summed E-state index contributed by atoms with van der Waals surface area (Å²) < 4.78 is 2.03. The number of carbonyl (C=O) groups is 1. The van der Waals surface area contributed by atoms with Crippen LogP contribution in [0.15, 0.2) is 55.0 Å². The van der Waals surface area contributed by atoms with E-state index in [1.165, 1.54) is 5.69 Å². The van der Waals surface area contributed by atoms with Gasteiger partial charge in [-0.2, -0.15) is 5.10 Å². The van der Waals surface area contributed by atoms with Crippen LogP contribution in [0.1, 0.15) is 46.1 Å². The Balaban J connectivity index is 1.53. The summed E-state index contributed by atoms with van der Waals surface area (Å²) in [4.78, 5) is 16.5. The van der Waals surface area contributed by atoms with Crippen LogP contribution in [0.5, 0.6) is 0 Å². The number of fused-ring (bicyclic) bond motifs is 1. The molecule has 6 heteroatoms. The van der Waals surface area contributed by atoms with E-state index < -0.39 is 0 Å². The van der Waals surface area contributed by atoms with Crippen LogP contribution in [0.3, 0.4) is 0 Å². The minimum absolute atomic E-state index is 0.00887. The van der Waals surface area contributed by atoms with Crippen LogP contribution < -0.4 is 5.32 Å². The molecule has 1 aromatic carbocycles. The van der Waals surface area contributed by atoms with Crippen LogP contribution in [0.2, 0.25) is 5.02 Å². The Kier molecular flexibility index (Phi) is 4.71. The van der Waals surface area contributed by atoms with E-state index in [0.717, 1.165) is 35.4 Å². The van der Waals surface area contributed by atoms with Gasteiger partial charge in [0.2, 0.25) is 0 Å². The summed E-state index contributed by atoms with van der Waals surface area (Å²) in [5.41, 5.74) is 4.04. The number of nitrogens with one attached hydrogen (secondary N) is 1. The predicted molar refractivity (Wildman–Crippen MR) is 100 cm³/mol. The molecule has 3 aromatic rings. The quantitative estimate of drug-likeness (QED) is 0.764. The molecule has 0 fully saturated rings. The SMILES string of the molecule is O=C(N[C@@H]1CCCc2c1cnn2Cc1ccc(Cl)cc1)c1cccnc1. The lowest BCUT2D eigenvalue weighted by Gasteiger charge is -2.24. The maximum absolute atomic E-state index is 12.5. The Hall–Kier alpha value is -2.66. The minimum Gasteiger partial charge on any atom is -0.345 e. The maximum atomic E-state index is 12.5. The molecule has 5 nitrogen and oxygen atoms in total. The predicted octanol–water partition coefficient (Wildman–Crippen LogP) is 3.79. The van der Waals surface area contributed by atoms with Gasteiger partial charge in [-0.25, -0.2) is 0 Å². The molecule has 0 bridgehead atoms. The molecule has 1 N–H and O–H groups in total. The highest BCUT2D eigenvalue weighted by Gasteiger charge is 2.26. The van der Waals surface area contributed by atoms with E-state index >= 15 is 0 Å². The van der Waals surface area contributed by atoms with Gasteiger partial charge < -0.3 is 5.32 Å². The second kappa shape index (κ2) is 7.30. The van der Waals surface area contributed by atoms with E-state index in [1.54, 1.807) is 24.5 Å². The van der Waals surface area contributed by atoms with E-state index in [0.29, 0.717) is 12.1 Å². The Bertz CT molecular complexity index is 905. The summed E-state index contributed by atoms with van der Waals surface area (Å²) in [6.45, 7) is 0.704. The molecule has 2 aromatic heterocycles. The van der Waals surface area contributed by atoms with Crippen molar-refractivity contribution in [1.29, 1.82) is 0 Å². The summed E-state index contributed by atoms with van der Waals surface area (Å²) in [6.07, 6.45) is 8.06. The highest BCUT2D eigenvalue weighted by atomic mass is 35.5. The highest BCUT2D eigenvalue weighted by Crippen LogP contribution is 2.30. The molecule has 0 saturated heterocycles. The van der Waals surface area contributed by atoms with Gasteiger partial charge in [0.25, 0.3) is 5.91 Å². The lowest BCUT2D eigenvalue weighted by Crippen LogP contribution is -2.31. The first-order valence-corrected chi connectivity index (χ1v) is 9.08. The zero-order valence-corrected chi connectivity index (χ0v) is 15.0. The van der Waals surface area contributed by atoms with Crippen molar-refractivity contribution in [2.75, 3.05) is 0 Å². The topological polar surface area (TPSA) is 59.8 Å². The molecule has 0 unspecified atom stereocenters. The van der Waals surface area contributed by atoms with Crippen LogP contribution in [0, 0.1) is 0 Å². The number of pyridine rings is 1. The number of nitrogens with zero attached hydrogens (tertiary/aromatic N) is 3. The molecule has 0 spiro atoms. The molecule has 0 saturated carbocycles. The fourth-order valence-electron chi connectivity index (χ4n) is 3.41. The minimum atomic E-state index is -0.0959. The number of halogens is 1. The molecule has 0 aliphatic heterocycles. The summed E-state index contributed by atoms with van der Waals surface area (Å²) in [7, 11) is 0. The third-order valence-corrected chi connectivity index (χ3v) is 4.99. The van der Waals surface area contributed by atoms with Gasteiger partial charge in [0.15, 0.2) is 0 Å². The number of hydrogen-bond donors (Lipinski definition) is 1. The first-order valence-electron chi connectivity index (χ1n) is 8.70. The molecule has 4 rings (SSSR count). The van der Waals surface area contributed by atoms with Gasteiger partial charge in [-0.1, -0.05) is 23.7 Å². The molecule has 1 aliphatic carbocycles. The summed E-state index contributed by atoms with van der Waals surface area (Å²) >= 11 is 5.96. The van der Waals surface area contributed by atoms with Gasteiger partial charge in [-0.05, 0) is 49.1 Å². The van der Waals surface area contributed by atoms with E-state index in [1.807, 2.05) is 35.1 Å². The number of amides is 1. The zero-order valence-electron chi connectivity index (χ0n) is 14.2. The normalized spacial score (nSPS) is 16.1. The number of rotatable bonds is 4. The van der Waals surface area contributed by atoms with Crippen LogP contribution in [-0.2, 0) is 13.0 Å². The van der Waals surface area contributed by atoms with E-state index in [-0.39, 0.29) is 11.9 Å². The zero-order chi connectivity index (χ0) is 17.9. The van der Waals surface area contributed by atoms with Crippen LogP contribution in [0.25, 0.3) is 0 Å². The lowest BCUT2D eigenvalue weighted by molar-refractivity contribution is 0.0932. The van der Waals surface area contributed by atoms with Crippen molar-refractivity contribution in [3.05, 3.63) is 82.4 Å². The Morgan fingerprint density at radius 1 is 1.23 bits per heavy atom. The van der Waals surface area contributed by atoms with Gasteiger partial charge in [-0.3, -0.25) is 14.5 Å². The molecule has 1 amide bonds. The smallest absolute Gasteiger partial charge is 0.253 e. The van der Waals surface area contributed by atoms with Gasteiger partial charge in [0.1, 0.15) is 0 Å². The molecule has 26 heavy (non-hydrogen) atoms. The van der Waals surface area contributed by atoms with Crippen LogP contribution in [-0.4, -0.2) is 20.7 Å². The van der Waals surface area contributed by atoms with Gasteiger partial charge in [-0.15, -0.1) is 0 Å². The van der Waals surface area contributed by atoms with Crippen molar-refractivity contribution in [3.8, 4) is 0 Å². The molecular weight excluding hydrogens is 348 g/mol. The highest BCUT2D eigenvalue weighted by molar-refractivity contribution is 6.30. The molecule has 2 heterocycles. The third kappa shape index (κ3) is 3.48. The molecular formula is C20H19ClN4O. The van der Waals surface area contributed by atoms with Crippen molar-refractivity contribution in [2.45, 2.75) is 31.8 Å². The average molecular weight is 367 g/mol. The Morgan fingerprint density at radius 3 is 2.85 bits per heavy atom. The van der Waals surface area contributed by atoms with Crippen LogP contribution in [0.4, 0.5) is 0 Å². The molecule has 132 valence electrons. The second-order valence-corrected chi connectivity index (χ2v) is 6.93. The monoisotopic (exact) mass is 366 g/mol. The third-order valence-electron chi connectivity index (χ3n) is 4.74. The molecule has 0 radical (unpaired) electrons. The first-order chi connectivity index (χ1) is 12.7. The van der Waals surface area contributed by atoms with Gasteiger partial charge >= 0.3 is 0 Å². The standard InChI is InChI=1S/C20H19ClN4O/c21-16-8-6-14(7-9-16)13-25-19-5-1-4-18(17(19)12-23-25)24-20(26)15-3-2-10-22-11-15/h2-3,6-12,18H,1,4-5,13H2,(H,24,26)/t18-/m1/s1. The van der Waals surface area contributed by atoms with Crippen LogP contribution >= 0.6 is 11.6 Å². The number of aromatic nitrogens is 3. The number of hydrogen-bond acceptors (Lipinski definition) is 3. The largest absolute Gasteiger partial charge is 0.345 e. The number of benzene rings is 1. The van der Waals surface area contributed by atoms with E-state index in [2.05, 4.69) is 15.4 Å². The van der Waals surface area contributed by atoms with Crippen molar-refractivity contribution in [1.82, 2.24) is 20.1 Å². The summed E-state index contributed by atoms with van der Waals surface area (Å²) in [5.74, 6) is -0.0959. The Morgan fingerprint density at radius 2 is 2.08 bits per heavy atom.